The van der Waals surface area contributed by atoms with Gasteiger partial charge in [0.2, 0.25) is 6.10 Å². The Hall–Kier alpha value is -3.81. The molecular weight excluding hydrogens is 386 g/mol. The maximum Gasteiger partial charge on any atom is 0.303 e. The highest BCUT2D eigenvalue weighted by Gasteiger charge is 2.24. The maximum atomic E-state index is 12.7. The smallest absolute Gasteiger partial charge is 0.303 e. The molecule has 1 aromatic heterocycles. The van der Waals surface area contributed by atoms with Crippen molar-refractivity contribution in [1.29, 1.82) is 0 Å². The Labute approximate surface area is 174 Å². The fourth-order valence-corrected chi connectivity index (χ4v) is 3.04. The fraction of sp³-hybridized carbons (Fsp3) is 0.227. The Balaban J connectivity index is 1.75. The molecule has 3 rings (SSSR count). The quantitative estimate of drug-likeness (QED) is 0.575. The number of ether oxygens (including phenoxy) is 3. The van der Waals surface area contributed by atoms with Crippen molar-refractivity contribution in [3.05, 3.63) is 72.1 Å². The molecule has 0 fully saturated rings. The summed E-state index contributed by atoms with van der Waals surface area (Å²) in [6.07, 6.45) is 2.16. The van der Waals surface area contributed by atoms with Crippen LogP contribution >= 0.6 is 0 Å². The number of amides is 1. The Bertz CT molecular complexity index is 1020. The zero-order valence-electron chi connectivity index (χ0n) is 17.0. The van der Waals surface area contributed by atoms with Crippen molar-refractivity contribution in [2.24, 2.45) is 0 Å². The van der Waals surface area contributed by atoms with Crippen molar-refractivity contribution < 1.29 is 23.8 Å². The lowest BCUT2D eigenvalue weighted by atomic mass is 10.1. The fourth-order valence-electron chi connectivity index (χ4n) is 3.04. The van der Waals surface area contributed by atoms with Gasteiger partial charge in [0.05, 0.1) is 32.6 Å². The van der Waals surface area contributed by atoms with Crippen LogP contribution in [0.25, 0.3) is 0 Å². The summed E-state index contributed by atoms with van der Waals surface area (Å²) in [4.78, 5) is 24.2. The minimum atomic E-state index is -1.05. The van der Waals surface area contributed by atoms with Crippen LogP contribution in [0.5, 0.6) is 11.5 Å². The Morgan fingerprint density at radius 2 is 1.83 bits per heavy atom. The van der Waals surface area contributed by atoms with Crippen LogP contribution in [0.2, 0.25) is 0 Å². The number of carbonyl (C=O) groups excluding carboxylic acids is 2. The first-order chi connectivity index (χ1) is 14.5. The van der Waals surface area contributed by atoms with Crippen LogP contribution in [0.3, 0.4) is 0 Å². The summed E-state index contributed by atoms with van der Waals surface area (Å²) in [6.45, 7) is 1.69. The zero-order valence-corrected chi connectivity index (χ0v) is 17.0. The zero-order chi connectivity index (χ0) is 21.5. The number of methoxy groups -OCH3 is 2. The van der Waals surface area contributed by atoms with Crippen molar-refractivity contribution in [3.63, 3.8) is 0 Å². The lowest BCUT2D eigenvalue weighted by Crippen LogP contribution is -2.24. The molecule has 156 valence electrons. The highest BCUT2D eigenvalue weighted by molar-refractivity contribution is 5.95. The number of carbonyl (C=O) groups is 2. The molecule has 3 aromatic rings. The second-order valence-electron chi connectivity index (χ2n) is 6.47. The summed E-state index contributed by atoms with van der Waals surface area (Å²) in [5.74, 6) is 0.248. The van der Waals surface area contributed by atoms with Gasteiger partial charge in [-0.25, -0.2) is 0 Å². The number of hydrogen-bond acceptors (Lipinski definition) is 6. The van der Waals surface area contributed by atoms with Gasteiger partial charge in [-0.2, -0.15) is 5.10 Å². The number of hydrogen-bond donors (Lipinski definition) is 1. The van der Waals surface area contributed by atoms with Crippen molar-refractivity contribution in [1.82, 2.24) is 9.78 Å². The van der Waals surface area contributed by atoms with E-state index in [0.717, 1.165) is 5.56 Å². The molecule has 0 saturated carbocycles. The van der Waals surface area contributed by atoms with Gasteiger partial charge in [0.25, 0.3) is 5.91 Å². The topological polar surface area (TPSA) is 91.7 Å². The van der Waals surface area contributed by atoms with E-state index < -0.39 is 18.0 Å². The van der Waals surface area contributed by atoms with Crippen LogP contribution in [0.4, 0.5) is 5.69 Å². The van der Waals surface area contributed by atoms with E-state index in [2.05, 4.69) is 10.4 Å². The molecule has 0 aliphatic rings. The number of aromatic nitrogens is 2. The lowest BCUT2D eigenvalue weighted by Gasteiger charge is -2.16. The number of nitrogens with zero attached hydrogens (tertiary/aromatic N) is 2. The van der Waals surface area contributed by atoms with E-state index in [1.54, 1.807) is 49.4 Å². The summed E-state index contributed by atoms with van der Waals surface area (Å²) >= 11 is 0. The average molecular weight is 409 g/mol. The SMILES string of the molecule is COc1cccc(Cn2cc(NC(=O)[C@H](OC(C)=O)c3ccccc3)cn2)c1OC. The maximum absolute atomic E-state index is 12.7. The first-order valence-electron chi connectivity index (χ1n) is 9.27. The monoisotopic (exact) mass is 409 g/mol. The first kappa shape index (κ1) is 20.9. The summed E-state index contributed by atoms with van der Waals surface area (Å²) < 4.78 is 17.6. The van der Waals surface area contributed by atoms with E-state index in [9.17, 15) is 9.59 Å². The lowest BCUT2D eigenvalue weighted by molar-refractivity contribution is -0.152. The van der Waals surface area contributed by atoms with Gasteiger partial charge in [-0.05, 0) is 6.07 Å². The Morgan fingerprint density at radius 3 is 2.50 bits per heavy atom. The van der Waals surface area contributed by atoms with Crippen LogP contribution in [0.1, 0.15) is 24.2 Å². The molecule has 8 nitrogen and oxygen atoms in total. The van der Waals surface area contributed by atoms with E-state index in [1.165, 1.54) is 13.1 Å². The molecule has 30 heavy (non-hydrogen) atoms. The third kappa shape index (κ3) is 4.96. The van der Waals surface area contributed by atoms with Crippen LogP contribution in [-0.4, -0.2) is 35.9 Å². The molecule has 1 N–H and O–H groups in total. The van der Waals surface area contributed by atoms with Crippen molar-refractivity contribution in [2.45, 2.75) is 19.6 Å². The molecule has 8 heteroatoms. The van der Waals surface area contributed by atoms with Crippen molar-refractivity contribution in [2.75, 3.05) is 19.5 Å². The molecule has 1 heterocycles. The molecule has 0 radical (unpaired) electrons. The number of para-hydroxylation sites is 1. The molecule has 2 aromatic carbocycles. The average Bonchev–Trinajstić information content (AvgIpc) is 3.18. The van der Waals surface area contributed by atoms with Crippen molar-refractivity contribution >= 4 is 17.6 Å². The van der Waals surface area contributed by atoms with Crippen LogP contribution in [0, 0.1) is 0 Å². The van der Waals surface area contributed by atoms with E-state index in [0.29, 0.717) is 29.3 Å². The molecule has 0 unspecified atom stereocenters. The van der Waals surface area contributed by atoms with Crippen LogP contribution in [-0.2, 0) is 20.9 Å². The summed E-state index contributed by atoms with van der Waals surface area (Å²) in [7, 11) is 3.16. The number of nitrogens with one attached hydrogen (secondary N) is 1. The second kappa shape index (κ2) is 9.60. The van der Waals surface area contributed by atoms with Gasteiger partial charge in [-0.1, -0.05) is 42.5 Å². The number of anilines is 1. The molecule has 0 saturated heterocycles. The first-order valence-corrected chi connectivity index (χ1v) is 9.27. The van der Waals surface area contributed by atoms with Crippen LogP contribution in [0.15, 0.2) is 60.9 Å². The summed E-state index contributed by atoms with van der Waals surface area (Å²) in [5.41, 5.74) is 1.94. The molecule has 1 atom stereocenters. The third-order valence-corrected chi connectivity index (χ3v) is 4.34. The van der Waals surface area contributed by atoms with Gasteiger partial charge in [-0.15, -0.1) is 0 Å². The minimum absolute atomic E-state index is 0.419. The standard InChI is InChI=1S/C22H23N3O5/c1-15(26)30-21(16-8-5-4-6-9-16)22(27)24-18-12-23-25(14-18)13-17-10-7-11-19(28-2)20(17)29-3/h4-12,14,21H,13H2,1-3H3,(H,24,27)/t21-/m1/s1. The highest BCUT2D eigenvalue weighted by Crippen LogP contribution is 2.31. The van der Waals surface area contributed by atoms with Gasteiger partial charge in [0, 0.05) is 24.2 Å². The molecular formula is C22H23N3O5. The molecule has 0 aliphatic heterocycles. The molecule has 0 aliphatic carbocycles. The summed E-state index contributed by atoms with van der Waals surface area (Å²) in [6, 6.07) is 14.4. The van der Waals surface area contributed by atoms with E-state index in [1.807, 2.05) is 24.3 Å². The molecule has 1 amide bonds. The normalized spacial score (nSPS) is 11.4. The summed E-state index contributed by atoms with van der Waals surface area (Å²) in [5, 5.41) is 7.03. The molecule has 0 spiro atoms. The van der Waals surface area contributed by atoms with Crippen LogP contribution < -0.4 is 14.8 Å². The van der Waals surface area contributed by atoms with E-state index in [-0.39, 0.29) is 0 Å². The minimum Gasteiger partial charge on any atom is -0.493 e. The van der Waals surface area contributed by atoms with Gasteiger partial charge in [-0.3, -0.25) is 14.3 Å². The predicted molar refractivity (Wildman–Crippen MR) is 110 cm³/mol. The van der Waals surface area contributed by atoms with E-state index in [4.69, 9.17) is 14.2 Å². The van der Waals surface area contributed by atoms with Gasteiger partial charge in [0.15, 0.2) is 11.5 Å². The predicted octanol–water partition coefficient (Wildman–Crippen LogP) is 3.19. The van der Waals surface area contributed by atoms with Gasteiger partial charge in [0.1, 0.15) is 0 Å². The van der Waals surface area contributed by atoms with Gasteiger partial charge < -0.3 is 19.5 Å². The third-order valence-electron chi connectivity index (χ3n) is 4.34. The second-order valence-corrected chi connectivity index (χ2v) is 6.47. The number of esters is 1. The Kier molecular flexibility index (Phi) is 6.69. The van der Waals surface area contributed by atoms with E-state index >= 15 is 0 Å². The molecule has 0 bridgehead atoms. The van der Waals surface area contributed by atoms with Gasteiger partial charge >= 0.3 is 5.97 Å². The highest BCUT2D eigenvalue weighted by atomic mass is 16.5. The number of rotatable bonds is 8. The Morgan fingerprint density at radius 1 is 1.07 bits per heavy atom. The van der Waals surface area contributed by atoms with Crippen molar-refractivity contribution in [3.8, 4) is 11.5 Å². The number of benzene rings is 2. The largest absolute Gasteiger partial charge is 0.493 e.